The molecule has 1 fully saturated rings. The van der Waals surface area contributed by atoms with E-state index in [4.69, 9.17) is 13.7 Å². The third-order valence-electron chi connectivity index (χ3n) is 10.4. The lowest BCUT2D eigenvalue weighted by molar-refractivity contribution is 0.195. The van der Waals surface area contributed by atoms with Crippen molar-refractivity contribution in [3.63, 3.8) is 0 Å². The number of anilines is 5. The van der Waals surface area contributed by atoms with Gasteiger partial charge in [0.15, 0.2) is 0 Å². The molecule has 3 heteroatoms. The Hall–Kier alpha value is -4.24. The standard InChI is InChI=1S/C38H33BN2/c1-37-23-11-12-24-38(37,2)41-32-18-10-9-17-30(32)39-31-21-19-27(26-13-5-3-6-14-26)25-34(31)40(28-15-7-4-8-16-28)33-22-20-29(37)36(41)35(33)39/h3-10,13-22,25H,11-12,23-24H2,1-2H3/i3D,4D,5D,6D,7D,8D,13D,14D,15D,16D. The van der Waals surface area contributed by atoms with Crippen molar-refractivity contribution in [2.24, 2.45) is 0 Å². The fraction of sp³-hybridized carbons (Fsp3) is 0.211. The zero-order valence-electron chi connectivity index (χ0n) is 33.0. The van der Waals surface area contributed by atoms with E-state index in [0.29, 0.717) is 16.9 Å². The molecule has 4 aliphatic rings. The maximum absolute atomic E-state index is 9.13. The molecule has 0 radical (unpaired) electrons. The highest BCUT2D eigenvalue weighted by molar-refractivity contribution is 7.00. The lowest BCUT2D eigenvalue weighted by Crippen LogP contribution is -2.64. The van der Waals surface area contributed by atoms with E-state index in [-0.39, 0.29) is 53.1 Å². The van der Waals surface area contributed by atoms with Crippen LogP contribution in [0.3, 0.4) is 0 Å². The molecule has 0 aromatic heterocycles. The normalized spacial score (nSPS) is 26.4. The monoisotopic (exact) mass is 538 g/mol. The van der Waals surface area contributed by atoms with E-state index in [9.17, 15) is 0 Å². The first-order valence-corrected chi connectivity index (χ1v) is 14.4. The highest BCUT2D eigenvalue weighted by Crippen LogP contribution is 2.62. The summed E-state index contributed by atoms with van der Waals surface area (Å²) in [5.74, 6) is 0. The van der Waals surface area contributed by atoms with Crippen molar-refractivity contribution in [3.05, 3.63) is 121 Å². The molecule has 0 spiro atoms. The fourth-order valence-corrected chi connectivity index (χ4v) is 8.34. The summed E-state index contributed by atoms with van der Waals surface area (Å²) in [7, 11) is 0. The molecule has 198 valence electrons. The van der Waals surface area contributed by atoms with Gasteiger partial charge in [-0.1, -0.05) is 105 Å². The molecule has 0 N–H and O–H groups in total. The van der Waals surface area contributed by atoms with Crippen LogP contribution in [0, 0.1) is 0 Å². The van der Waals surface area contributed by atoms with Crippen molar-refractivity contribution in [1.82, 2.24) is 0 Å². The number of benzene rings is 5. The number of hydrogen-bond acceptors (Lipinski definition) is 2. The summed E-state index contributed by atoms with van der Waals surface area (Å²) in [5, 5.41) is 0. The summed E-state index contributed by atoms with van der Waals surface area (Å²) < 4.78 is 86.3. The van der Waals surface area contributed by atoms with E-state index in [2.05, 4.69) is 43.0 Å². The van der Waals surface area contributed by atoms with Crippen LogP contribution < -0.4 is 26.2 Å². The van der Waals surface area contributed by atoms with Crippen LogP contribution in [0.1, 0.15) is 58.8 Å². The molecule has 5 aromatic rings. The zero-order valence-corrected chi connectivity index (χ0v) is 23.0. The molecule has 1 aliphatic carbocycles. The second-order valence-electron chi connectivity index (χ2n) is 12.1. The first kappa shape index (κ1) is 15.7. The third-order valence-corrected chi connectivity index (χ3v) is 10.4. The fourth-order valence-electron chi connectivity index (χ4n) is 8.34. The smallest absolute Gasteiger partial charge is 0.252 e. The SMILES string of the molecule is [2H]c1c([2H])c([2H])c(-c2ccc3c(c2)N(c2c([2H])c([2H])c([2H])c([2H])c2[2H])c2ccc4c5c2B3c2ccccc2N5C2(C)CCCCC42C)c([2H])c1[2H]. The number of para-hydroxylation sites is 2. The van der Waals surface area contributed by atoms with Crippen molar-refractivity contribution in [2.75, 3.05) is 9.80 Å². The van der Waals surface area contributed by atoms with Crippen LogP contribution in [0.5, 0.6) is 0 Å². The largest absolute Gasteiger partial charge is 0.335 e. The average molecular weight is 539 g/mol. The van der Waals surface area contributed by atoms with Crippen LogP contribution in [0.2, 0.25) is 0 Å². The predicted octanol–water partition coefficient (Wildman–Crippen LogP) is 7.71. The minimum atomic E-state index is -0.489. The van der Waals surface area contributed by atoms with Crippen LogP contribution in [0.4, 0.5) is 28.4 Å². The molecule has 0 bridgehead atoms. The van der Waals surface area contributed by atoms with Gasteiger partial charge >= 0.3 is 0 Å². The maximum Gasteiger partial charge on any atom is 0.252 e. The first-order valence-electron chi connectivity index (χ1n) is 19.4. The number of nitrogens with zero attached hydrogens (tertiary/aromatic N) is 2. The molecule has 1 saturated carbocycles. The van der Waals surface area contributed by atoms with Gasteiger partial charge in [-0.15, -0.1) is 0 Å². The second kappa shape index (κ2) is 8.16. The summed E-state index contributed by atoms with van der Waals surface area (Å²) in [6.45, 7) is 4.46. The average Bonchev–Trinajstić information content (AvgIpc) is 3.35. The molecule has 0 amide bonds. The number of hydrogen-bond donors (Lipinski definition) is 0. The van der Waals surface area contributed by atoms with Gasteiger partial charge in [-0.25, -0.2) is 0 Å². The Morgan fingerprint density at radius 3 is 2.27 bits per heavy atom. The van der Waals surface area contributed by atoms with Gasteiger partial charge in [-0.2, -0.15) is 0 Å². The quantitative estimate of drug-likeness (QED) is 0.208. The lowest BCUT2D eigenvalue weighted by Gasteiger charge is -2.52. The molecule has 5 aromatic carbocycles. The van der Waals surface area contributed by atoms with Crippen molar-refractivity contribution < 1.29 is 13.7 Å². The Bertz CT molecular complexity index is 2360. The molecule has 3 heterocycles. The molecule has 2 unspecified atom stereocenters. The number of rotatable bonds is 2. The van der Waals surface area contributed by atoms with Crippen LogP contribution in [0.25, 0.3) is 11.1 Å². The predicted molar refractivity (Wildman–Crippen MR) is 174 cm³/mol. The van der Waals surface area contributed by atoms with E-state index in [1.165, 1.54) is 5.56 Å². The van der Waals surface area contributed by atoms with Crippen molar-refractivity contribution in [1.29, 1.82) is 0 Å². The maximum atomic E-state index is 9.13. The van der Waals surface area contributed by atoms with Crippen molar-refractivity contribution >= 4 is 51.5 Å². The van der Waals surface area contributed by atoms with Gasteiger partial charge in [0, 0.05) is 33.9 Å². The summed E-state index contributed by atoms with van der Waals surface area (Å²) in [6.07, 6.45) is 4.28. The van der Waals surface area contributed by atoms with E-state index < -0.39 is 36.3 Å². The van der Waals surface area contributed by atoms with Gasteiger partial charge in [0.1, 0.15) is 0 Å². The molecule has 9 rings (SSSR count). The number of fused-ring (bicyclic) bond motifs is 8. The van der Waals surface area contributed by atoms with E-state index in [0.717, 1.165) is 53.4 Å². The molecule has 2 nitrogen and oxygen atoms in total. The third kappa shape index (κ3) is 2.89. The van der Waals surface area contributed by atoms with Gasteiger partial charge in [-0.3, -0.25) is 0 Å². The van der Waals surface area contributed by atoms with Crippen molar-refractivity contribution in [2.45, 2.75) is 50.5 Å². The first-order chi connectivity index (χ1) is 24.2. The molecule has 3 aliphatic heterocycles. The summed E-state index contributed by atoms with van der Waals surface area (Å²) >= 11 is 0. The van der Waals surface area contributed by atoms with Crippen LogP contribution in [0.15, 0.2) is 115 Å². The van der Waals surface area contributed by atoms with Crippen molar-refractivity contribution in [3.8, 4) is 11.1 Å². The zero-order chi connectivity index (χ0) is 36.0. The van der Waals surface area contributed by atoms with Gasteiger partial charge in [0.05, 0.1) is 19.2 Å². The van der Waals surface area contributed by atoms with Crippen LogP contribution in [-0.4, -0.2) is 12.3 Å². The Balaban J connectivity index is 1.42. The van der Waals surface area contributed by atoms with E-state index >= 15 is 0 Å². The summed E-state index contributed by atoms with van der Waals surface area (Å²) in [6, 6.07) is 13.9. The Labute approximate surface area is 257 Å². The lowest BCUT2D eigenvalue weighted by atomic mass is 9.33. The molecule has 0 saturated heterocycles. The highest BCUT2D eigenvalue weighted by Gasteiger charge is 2.61. The van der Waals surface area contributed by atoms with Crippen LogP contribution >= 0.6 is 0 Å². The van der Waals surface area contributed by atoms with E-state index in [1.54, 1.807) is 17.0 Å². The Morgan fingerprint density at radius 2 is 1.44 bits per heavy atom. The van der Waals surface area contributed by atoms with Crippen LogP contribution in [-0.2, 0) is 5.41 Å². The topological polar surface area (TPSA) is 6.48 Å². The minimum absolute atomic E-state index is 0.00615. The molecule has 2 atom stereocenters. The van der Waals surface area contributed by atoms with Gasteiger partial charge in [-0.05, 0) is 83.1 Å². The Morgan fingerprint density at radius 1 is 0.707 bits per heavy atom. The highest BCUT2D eigenvalue weighted by atomic mass is 15.3. The van der Waals surface area contributed by atoms with E-state index in [1.807, 2.05) is 18.2 Å². The second-order valence-corrected chi connectivity index (χ2v) is 12.1. The minimum Gasteiger partial charge on any atom is -0.335 e. The molecular formula is C38H33BN2. The molecule has 41 heavy (non-hydrogen) atoms. The summed E-state index contributed by atoms with van der Waals surface area (Å²) in [5.41, 5.74) is 7.66. The summed E-state index contributed by atoms with van der Waals surface area (Å²) in [4.78, 5) is 4.28. The molecular weight excluding hydrogens is 495 g/mol. The van der Waals surface area contributed by atoms with Gasteiger partial charge in [0.25, 0.3) is 6.71 Å². The van der Waals surface area contributed by atoms with Gasteiger partial charge < -0.3 is 9.80 Å². The van der Waals surface area contributed by atoms with Gasteiger partial charge in [0.2, 0.25) is 0 Å². The Kier molecular flexibility index (Phi) is 3.12.